The zero-order valence-electron chi connectivity index (χ0n) is 11.8. The van der Waals surface area contributed by atoms with Crippen molar-refractivity contribution >= 4 is 23.2 Å². The van der Waals surface area contributed by atoms with Crippen LogP contribution in [0.5, 0.6) is 0 Å². The fourth-order valence-corrected chi connectivity index (χ4v) is 3.17. The summed E-state index contributed by atoms with van der Waals surface area (Å²) in [6.07, 6.45) is 0. The van der Waals surface area contributed by atoms with Gasteiger partial charge >= 0.3 is 0 Å². The summed E-state index contributed by atoms with van der Waals surface area (Å²) >= 11 is 1.61. The van der Waals surface area contributed by atoms with Crippen LogP contribution in [0.4, 0.5) is 0 Å². The Balaban J connectivity index is 2.31. The molecule has 2 heterocycles. The van der Waals surface area contributed by atoms with Crippen LogP contribution in [0.25, 0.3) is 0 Å². The second-order valence-electron chi connectivity index (χ2n) is 6.04. The molecule has 0 bridgehead atoms. The molecule has 1 saturated heterocycles. The van der Waals surface area contributed by atoms with E-state index in [-0.39, 0.29) is 17.2 Å². The molecular formula is C14H20N2O2S. The first-order valence-corrected chi connectivity index (χ1v) is 7.32. The average molecular weight is 280 g/mol. The summed E-state index contributed by atoms with van der Waals surface area (Å²) in [5.74, 6) is -0.0657. The van der Waals surface area contributed by atoms with Gasteiger partial charge < -0.3 is 10.2 Å². The van der Waals surface area contributed by atoms with Crippen LogP contribution < -0.4 is 5.32 Å². The number of nitrogens with zero attached hydrogens (tertiary/aromatic N) is 1. The molecule has 104 valence electrons. The van der Waals surface area contributed by atoms with Crippen molar-refractivity contribution in [2.75, 3.05) is 0 Å². The molecule has 1 aromatic heterocycles. The highest BCUT2D eigenvalue weighted by atomic mass is 32.1. The van der Waals surface area contributed by atoms with Gasteiger partial charge in [0.25, 0.3) is 0 Å². The molecule has 19 heavy (non-hydrogen) atoms. The number of thiophene rings is 1. The summed E-state index contributed by atoms with van der Waals surface area (Å²) in [5, 5.41) is 4.75. The molecule has 1 aromatic rings. The summed E-state index contributed by atoms with van der Waals surface area (Å²) in [6, 6.07) is 3.10. The zero-order chi connectivity index (χ0) is 14.2. The maximum absolute atomic E-state index is 12.4. The second kappa shape index (κ2) is 4.96. The molecule has 1 aliphatic heterocycles. The highest BCUT2D eigenvalue weighted by Gasteiger charge is 2.44. The summed E-state index contributed by atoms with van der Waals surface area (Å²) < 4.78 is 0. The average Bonchev–Trinajstić information content (AvgIpc) is 2.76. The molecule has 5 heteroatoms. The fraction of sp³-hybridized carbons (Fsp3) is 0.571. The molecule has 2 atom stereocenters. The molecule has 1 fully saturated rings. The van der Waals surface area contributed by atoms with E-state index in [4.69, 9.17) is 0 Å². The van der Waals surface area contributed by atoms with Gasteiger partial charge in [-0.15, -0.1) is 11.3 Å². The summed E-state index contributed by atoms with van der Waals surface area (Å²) in [7, 11) is 0. The third-order valence-corrected chi connectivity index (χ3v) is 4.16. The van der Waals surface area contributed by atoms with Crippen molar-refractivity contribution in [2.45, 2.75) is 46.3 Å². The highest BCUT2D eigenvalue weighted by molar-refractivity contribution is 7.09. The van der Waals surface area contributed by atoms with Crippen LogP contribution in [0.3, 0.4) is 0 Å². The van der Waals surface area contributed by atoms with E-state index in [9.17, 15) is 9.59 Å². The van der Waals surface area contributed by atoms with E-state index in [1.165, 1.54) is 0 Å². The molecular weight excluding hydrogens is 260 g/mol. The van der Waals surface area contributed by atoms with Gasteiger partial charge in [0.15, 0.2) is 0 Å². The Morgan fingerprint density at radius 2 is 2.05 bits per heavy atom. The molecule has 1 aliphatic rings. The lowest BCUT2D eigenvalue weighted by molar-refractivity contribution is -0.154. The van der Waals surface area contributed by atoms with Crippen LogP contribution in [0.2, 0.25) is 0 Å². The van der Waals surface area contributed by atoms with Gasteiger partial charge in [0.1, 0.15) is 12.1 Å². The van der Waals surface area contributed by atoms with Crippen molar-refractivity contribution in [3.05, 3.63) is 22.4 Å². The SMILES string of the molecule is CC1NC(=O)C(C(C)(C)C)N(Cc2cccs2)C1=O. The molecule has 0 radical (unpaired) electrons. The van der Waals surface area contributed by atoms with Gasteiger partial charge in [0.05, 0.1) is 6.54 Å². The molecule has 0 spiro atoms. The van der Waals surface area contributed by atoms with Crippen molar-refractivity contribution in [1.82, 2.24) is 10.2 Å². The normalized spacial score (nSPS) is 24.5. The Hall–Kier alpha value is -1.36. The Bertz CT molecular complexity index is 476. The first-order valence-electron chi connectivity index (χ1n) is 6.44. The molecule has 2 rings (SSSR count). The maximum Gasteiger partial charge on any atom is 0.245 e. The molecule has 2 amide bonds. The van der Waals surface area contributed by atoms with E-state index >= 15 is 0 Å². The van der Waals surface area contributed by atoms with Crippen molar-refractivity contribution in [1.29, 1.82) is 0 Å². The van der Waals surface area contributed by atoms with Crippen LogP contribution in [0, 0.1) is 5.41 Å². The minimum absolute atomic E-state index is 0.00655. The number of carbonyl (C=O) groups excluding carboxylic acids is 2. The minimum Gasteiger partial charge on any atom is -0.343 e. The van der Waals surface area contributed by atoms with E-state index in [2.05, 4.69) is 5.32 Å². The van der Waals surface area contributed by atoms with E-state index < -0.39 is 12.1 Å². The quantitative estimate of drug-likeness (QED) is 0.901. The van der Waals surface area contributed by atoms with Crippen molar-refractivity contribution < 1.29 is 9.59 Å². The number of nitrogens with one attached hydrogen (secondary N) is 1. The molecule has 0 saturated carbocycles. The van der Waals surface area contributed by atoms with Crippen molar-refractivity contribution in [2.24, 2.45) is 5.41 Å². The topological polar surface area (TPSA) is 49.4 Å². The number of amides is 2. The first-order chi connectivity index (χ1) is 8.80. The lowest BCUT2D eigenvalue weighted by Gasteiger charge is -2.43. The Labute approximate surface area is 117 Å². The Morgan fingerprint density at radius 3 is 2.58 bits per heavy atom. The third-order valence-electron chi connectivity index (χ3n) is 3.30. The van der Waals surface area contributed by atoms with Crippen LogP contribution in [-0.2, 0) is 16.1 Å². The van der Waals surface area contributed by atoms with Crippen LogP contribution in [-0.4, -0.2) is 28.8 Å². The molecule has 1 N–H and O–H groups in total. The molecule has 0 aliphatic carbocycles. The molecule has 0 aromatic carbocycles. The number of hydrogen-bond donors (Lipinski definition) is 1. The molecule has 4 nitrogen and oxygen atoms in total. The van der Waals surface area contributed by atoms with Gasteiger partial charge in [-0.3, -0.25) is 9.59 Å². The highest BCUT2D eigenvalue weighted by Crippen LogP contribution is 2.29. The lowest BCUT2D eigenvalue weighted by Crippen LogP contribution is -2.65. The number of rotatable bonds is 2. The van der Waals surface area contributed by atoms with E-state index in [0.29, 0.717) is 6.54 Å². The van der Waals surface area contributed by atoms with Gasteiger partial charge in [-0.25, -0.2) is 0 Å². The van der Waals surface area contributed by atoms with Crippen LogP contribution >= 0.6 is 11.3 Å². The predicted octanol–water partition coefficient (Wildman–Crippen LogP) is 2.01. The fourth-order valence-electron chi connectivity index (χ4n) is 2.47. The lowest BCUT2D eigenvalue weighted by atomic mass is 9.83. The van der Waals surface area contributed by atoms with E-state index in [1.807, 2.05) is 38.3 Å². The van der Waals surface area contributed by atoms with Crippen LogP contribution in [0.15, 0.2) is 17.5 Å². The van der Waals surface area contributed by atoms with Gasteiger partial charge in [0, 0.05) is 4.88 Å². The van der Waals surface area contributed by atoms with Crippen molar-refractivity contribution in [3.63, 3.8) is 0 Å². The Morgan fingerprint density at radius 1 is 1.37 bits per heavy atom. The Kier molecular flexibility index (Phi) is 3.67. The summed E-state index contributed by atoms with van der Waals surface area (Å²) in [4.78, 5) is 27.4. The summed E-state index contributed by atoms with van der Waals surface area (Å²) in [6.45, 7) is 8.21. The minimum atomic E-state index is -0.439. The maximum atomic E-state index is 12.4. The zero-order valence-corrected chi connectivity index (χ0v) is 12.6. The largest absolute Gasteiger partial charge is 0.343 e. The van der Waals surface area contributed by atoms with Crippen LogP contribution in [0.1, 0.15) is 32.6 Å². The van der Waals surface area contributed by atoms with Gasteiger partial charge in [-0.05, 0) is 23.8 Å². The van der Waals surface area contributed by atoms with Gasteiger partial charge in [0.2, 0.25) is 11.8 Å². The van der Waals surface area contributed by atoms with E-state index in [1.54, 1.807) is 23.2 Å². The smallest absolute Gasteiger partial charge is 0.245 e. The molecule has 2 unspecified atom stereocenters. The number of piperazine rings is 1. The van der Waals surface area contributed by atoms with Gasteiger partial charge in [-0.2, -0.15) is 0 Å². The monoisotopic (exact) mass is 280 g/mol. The summed E-state index contributed by atoms with van der Waals surface area (Å²) in [5.41, 5.74) is -0.281. The number of hydrogen-bond acceptors (Lipinski definition) is 3. The van der Waals surface area contributed by atoms with Crippen molar-refractivity contribution in [3.8, 4) is 0 Å². The third kappa shape index (κ3) is 2.81. The predicted molar refractivity (Wildman–Crippen MR) is 75.7 cm³/mol. The van der Waals surface area contributed by atoms with Gasteiger partial charge in [-0.1, -0.05) is 26.8 Å². The van der Waals surface area contributed by atoms with E-state index in [0.717, 1.165) is 4.88 Å². The first kappa shape index (κ1) is 14.1. The number of carbonyl (C=O) groups is 2. The standard InChI is InChI=1S/C14H20N2O2S/c1-9-13(18)16(8-10-6-5-7-19-10)11(12(17)15-9)14(2,3)4/h5-7,9,11H,8H2,1-4H3,(H,15,17). The second-order valence-corrected chi connectivity index (χ2v) is 7.08.